The molecule has 0 saturated heterocycles. The maximum Gasteiger partial charge on any atom is 0.222 e. The minimum absolute atomic E-state index is 0. The molecule has 0 aromatic carbocycles. The number of rotatable bonds is 9. The van der Waals surface area contributed by atoms with E-state index >= 15 is 0 Å². The van der Waals surface area contributed by atoms with E-state index in [-0.39, 0.29) is 31.3 Å². The largest absolute Gasteiger partial charge is 0.379 e. The van der Waals surface area contributed by atoms with Crippen molar-refractivity contribution in [2.24, 2.45) is 11.8 Å². The number of amides is 1. The summed E-state index contributed by atoms with van der Waals surface area (Å²) in [6.45, 7) is 7.26. The maximum atomic E-state index is 12.1. The van der Waals surface area contributed by atoms with Crippen LogP contribution < -0.4 is 5.32 Å². The number of carbonyl (C=O) groups excluding carboxylic acids is 2. The van der Waals surface area contributed by atoms with Crippen LogP contribution in [0.1, 0.15) is 80.0 Å². The molecule has 2 saturated carbocycles. The summed E-state index contributed by atoms with van der Waals surface area (Å²) in [6, 6.07) is 0.223. The van der Waals surface area contributed by atoms with E-state index in [0.29, 0.717) is 24.9 Å². The van der Waals surface area contributed by atoms with Crippen molar-refractivity contribution in [3.05, 3.63) is 0 Å². The third-order valence-electron chi connectivity index (χ3n) is 5.77. The molecule has 0 bridgehead atoms. The van der Waals surface area contributed by atoms with Crippen molar-refractivity contribution in [2.75, 3.05) is 13.2 Å². The molecular formula is C21H39NO4. The average Bonchev–Trinajstić information content (AvgIpc) is 2.63. The highest BCUT2D eigenvalue weighted by atomic mass is 16.5. The quantitative estimate of drug-likeness (QED) is 0.670. The van der Waals surface area contributed by atoms with Crippen molar-refractivity contribution in [3.8, 4) is 0 Å². The van der Waals surface area contributed by atoms with Crippen LogP contribution in [0.3, 0.4) is 0 Å². The highest BCUT2D eigenvalue weighted by Gasteiger charge is 2.28. The molecule has 5 heteroatoms. The highest BCUT2D eigenvalue weighted by molar-refractivity contribution is 5.83. The summed E-state index contributed by atoms with van der Waals surface area (Å²) in [5, 5.41) is 3.12. The Morgan fingerprint density at radius 2 is 1.54 bits per heavy atom. The van der Waals surface area contributed by atoms with Crippen LogP contribution in [0, 0.1) is 11.8 Å². The smallest absolute Gasteiger partial charge is 0.222 e. The summed E-state index contributed by atoms with van der Waals surface area (Å²) < 4.78 is 11.5. The molecule has 0 aromatic heterocycles. The number of nitrogens with one attached hydrogen (secondary N) is 1. The normalized spacial score (nSPS) is 29.5. The Morgan fingerprint density at radius 1 is 0.962 bits per heavy atom. The van der Waals surface area contributed by atoms with E-state index in [0.717, 1.165) is 58.0 Å². The lowest BCUT2D eigenvalue weighted by Crippen LogP contribution is -2.39. The van der Waals surface area contributed by atoms with Crippen molar-refractivity contribution in [2.45, 2.75) is 96.8 Å². The number of ketones is 1. The number of carbonyl (C=O) groups is 2. The van der Waals surface area contributed by atoms with E-state index in [4.69, 9.17) is 9.47 Å². The van der Waals surface area contributed by atoms with Gasteiger partial charge < -0.3 is 14.8 Å². The molecule has 0 radical (unpaired) electrons. The van der Waals surface area contributed by atoms with Crippen LogP contribution in [-0.2, 0) is 19.1 Å². The molecule has 2 aliphatic carbocycles. The van der Waals surface area contributed by atoms with Crippen molar-refractivity contribution in [1.29, 1.82) is 0 Å². The second-order valence-corrected chi connectivity index (χ2v) is 8.15. The van der Waals surface area contributed by atoms with E-state index < -0.39 is 0 Å². The van der Waals surface area contributed by atoms with Gasteiger partial charge in [0.05, 0.1) is 18.8 Å². The van der Waals surface area contributed by atoms with Gasteiger partial charge in [-0.1, -0.05) is 13.8 Å². The Bertz CT molecular complexity index is 441. The Morgan fingerprint density at radius 3 is 2.08 bits per heavy atom. The van der Waals surface area contributed by atoms with Crippen molar-refractivity contribution >= 4 is 11.7 Å². The molecule has 26 heavy (non-hydrogen) atoms. The maximum absolute atomic E-state index is 12.1. The van der Waals surface area contributed by atoms with Gasteiger partial charge in [-0.3, -0.25) is 9.59 Å². The van der Waals surface area contributed by atoms with Gasteiger partial charge in [-0.05, 0) is 58.3 Å². The van der Waals surface area contributed by atoms with E-state index in [2.05, 4.69) is 5.32 Å². The summed E-state index contributed by atoms with van der Waals surface area (Å²) in [5.74, 6) is 0.763. The molecule has 0 spiro atoms. The molecule has 152 valence electrons. The Hall–Kier alpha value is -0.940. The van der Waals surface area contributed by atoms with E-state index in [1.807, 2.05) is 20.8 Å². The first kappa shape index (κ1) is 21.4. The molecule has 0 atom stereocenters. The topological polar surface area (TPSA) is 64.6 Å². The van der Waals surface area contributed by atoms with Crippen LogP contribution in [0.25, 0.3) is 0 Å². The van der Waals surface area contributed by atoms with Crippen LogP contribution in [0.5, 0.6) is 0 Å². The monoisotopic (exact) mass is 369 g/mol. The third-order valence-corrected chi connectivity index (χ3v) is 5.77. The number of hydrogen-bond donors (Lipinski definition) is 1. The lowest BCUT2D eigenvalue weighted by molar-refractivity contribution is -0.127. The average molecular weight is 370 g/mol. The molecular weight excluding hydrogens is 330 g/mol. The second-order valence-electron chi connectivity index (χ2n) is 8.15. The van der Waals surface area contributed by atoms with Crippen LogP contribution in [0.4, 0.5) is 0 Å². The molecule has 2 rings (SSSR count). The first-order valence-corrected chi connectivity index (χ1v) is 10.6. The zero-order valence-electron chi connectivity index (χ0n) is 16.8. The summed E-state index contributed by atoms with van der Waals surface area (Å²) >= 11 is 0. The van der Waals surface area contributed by atoms with Crippen LogP contribution in [0.15, 0.2) is 0 Å². The summed E-state index contributed by atoms with van der Waals surface area (Å²) in [5.41, 5.74) is 0. The van der Waals surface area contributed by atoms with Gasteiger partial charge in [0.1, 0.15) is 5.78 Å². The van der Waals surface area contributed by atoms with Gasteiger partial charge in [-0.2, -0.15) is 0 Å². The van der Waals surface area contributed by atoms with Gasteiger partial charge in [0.25, 0.3) is 0 Å². The lowest BCUT2D eigenvalue weighted by atomic mass is 9.80. The number of hydrogen-bond acceptors (Lipinski definition) is 4. The van der Waals surface area contributed by atoms with E-state index in [1.165, 1.54) is 0 Å². The van der Waals surface area contributed by atoms with Gasteiger partial charge in [0, 0.05) is 32.3 Å². The molecule has 2 fully saturated rings. The fraction of sp³-hybridized carbons (Fsp3) is 0.905. The van der Waals surface area contributed by atoms with E-state index in [9.17, 15) is 9.59 Å². The molecule has 0 unspecified atom stereocenters. The minimum Gasteiger partial charge on any atom is -0.379 e. The van der Waals surface area contributed by atoms with Crippen LogP contribution >= 0.6 is 0 Å². The molecule has 0 heterocycles. The fourth-order valence-corrected chi connectivity index (χ4v) is 4.21. The molecule has 0 aromatic rings. The fourth-order valence-electron chi connectivity index (χ4n) is 4.21. The molecule has 1 N–H and O–H groups in total. The highest BCUT2D eigenvalue weighted by Crippen LogP contribution is 2.27. The zero-order chi connectivity index (χ0) is 18.9. The van der Waals surface area contributed by atoms with Crippen LogP contribution in [-0.4, -0.2) is 43.2 Å². The Labute approximate surface area is 160 Å². The molecule has 1 amide bonds. The number of ether oxygens (including phenoxy) is 2. The predicted molar refractivity (Wildman–Crippen MR) is 104 cm³/mol. The molecule has 2 aliphatic rings. The summed E-state index contributed by atoms with van der Waals surface area (Å²) in [4.78, 5) is 24.2. The second kappa shape index (κ2) is 11.0. The SMILES string of the molecule is CCOC1CCC(OCCC(=O)NC2CCC(C(=O)C(C)C)CC2)CC1.[HH]. The van der Waals surface area contributed by atoms with Crippen LogP contribution in [0.2, 0.25) is 0 Å². The van der Waals surface area contributed by atoms with Crippen molar-refractivity contribution in [3.63, 3.8) is 0 Å². The van der Waals surface area contributed by atoms with Gasteiger partial charge >= 0.3 is 0 Å². The third kappa shape index (κ3) is 6.99. The molecule has 0 aliphatic heterocycles. The first-order chi connectivity index (χ1) is 12.5. The summed E-state index contributed by atoms with van der Waals surface area (Å²) in [7, 11) is 0. The van der Waals surface area contributed by atoms with Gasteiger partial charge in [0.2, 0.25) is 5.91 Å². The van der Waals surface area contributed by atoms with E-state index in [1.54, 1.807) is 0 Å². The Kier molecular flexibility index (Phi) is 9.06. The van der Waals surface area contributed by atoms with Gasteiger partial charge in [0.15, 0.2) is 0 Å². The number of Topliss-reactive ketones (excluding diaryl/α,β-unsaturated/α-hetero) is 1. The predicted octanol–water partition coefficient (Wildman–Crippen LogP) is 3.89. The van der Waals surface area contributed by atoms with Crippen molar-refractivity contribution in [1.82, 2.24) is 5.32 Å². The Balaban J connectivity index is 0.00000364. The minimum atomic E-state index is 0. The van der Waals surface area contributed by atoms with Gasteiger partial charge in [-0.15, -0.1) is 0 Å². The van der Waals surface area contributed by atoms with Gasteiger partial charge in [-0.25, -0.2) is 0 Å². The lowest BCUT2D eigenvalue weighted by Gasteiger charge is -2.29. The van der Waals surface area contributed by atoms with Crippen molar-refractivity contribution < 1.29 is 20.5 Å². The first-order valence-electron chi connectivity index (χ1n) is 10.6. The standard InChI is InChI=1S/C21H37NO4.H2/c1-4-25-18-9-11-19(12-10-18)26-14-13-20(23)22-17-7-5-16(6-8-17)21(24)15(2)3;/h15-19H,4-14H2,1-3H3,(H,22,23);1H. The zero-order valence-corrected chi connectivity index (χ0v) is 16.8. The molecule has 5 nitrogen and oxygen atoms in total. The summed E-state index contributed by atoms with van der Waals surface area (Å²) in [6.07, 6.45) is 8.90.